The number of guanidine groups is 1. The van der Waals surface area contributed by atoms with E-state index in [0.717, 1.165) is 6.42 Å². The van der Waals surface area contributed by atoms with Crippen molar-refractivity contribution in [2.45, 2.75) is 121 Å². The summed E-state index contributed by atoms with van der Waals surface area (Å²) < 4.78 is 5.27. The second-order valence-corrected chi connectivity index (χ2v) is 14.8. The number of unbranched alkanes of at least 4 members (excludes halogenated alkanes) is 1. The molecule has 1 heterocycles. The number of nitrogens with zero attached hydrogens (tertiary/aromatic N) is 1. The van der Waals surface area contributed by atoms with E-state index in [4.69, 9.17) is 27.7 Å². The van der Waals surface area contributed by atoms with Crippen molar-refractivity contribution >= 4 is 53.0 Å². The van der Waals surface area contributed by atoms with E-state index in [0.29, 0.717) is 37.0 Å². The molecule has 19 heteroatoms. The molecule has 0 radical (unpaired) electrons. The third-order valence-corrected chi connectivity index (χ3v) is 10.0. The van der Waals surface area contributed by atoms with Crippen molar-refractivity contribution in [3.8, 4) is 5.75 Å². The van der Waals surface area contributed by atoms with Crippen LogP contribution in [0.25, 0.3) is 0 Å². The van der Waals surface area contributed by atoms with Crippen LogP contribution in [0, 0.1) is 11.8 Å². The molecule has 0 aliphatic carbocycles. The second kappa shape index (κ2) is 26.4. The number of nitrogens with two attached hydrogens (primary N) is 4. The number of rotatable bonds is 17. The molecule has 1 fully saturated rings. The predicted octanol–water partition coefficient (Wildman–Crippen LogP) is -0.884. The molecule has 1 aromatic rings. The first kappa shape index (κ1) is 49.6. The van der Waals surface area contributed by atoms with Crippen molar-refractivity contribution in [2.24, 2.45) is 39.8 Å². The number of benzene rings is 1. The van der Waals surface area contributed by atoms with E-state index < -0.39 is 83.0 Å². The SMILES string of the molecule is CCCC[C@H](NC(C)=O)C(=O)N[C@H]1CCC(=O)NCC[C@@H](C(N)=O)CC(=O)[C@H](CCCN=C(N)N)CC(=O)[C@@H](Cc2ccc(OC)cc2)NC(=O)[C@H](CCCN)NC1=O. The topological polar surface area (TPSA) is 322 Å². The minimum atomic E-state index is -1.33. The summed E-state index contributed by atoms with van der Waals surface area (Å²) in [6.07, 6.45) is 1.44. The van der Waals surface area contributed by atoms with Crippen LogP contribution >= 0.6 is 0 Å². The van der Waals surface area contributed by atoms with Gasteiger partial charge in [-0.05, 0) is 75.6 Å². The summed E-state index contributed by atoms with van der Waals surface area (Å²) in [7, 11) is 1.51. The summed E-state index contributed by atoms with van der Waals surface area (Å²) in [5.41, 5.74) is 23.1. The molecule has 1 aromatic carbocycles. The Labute approximate surface area is 345 Å². The summed E-state index contributed by atoms with van der Waals surface area (Å²) in [6.45, 7) is 3.49. The van der Waals surface area contributed by atoms with Gasteiger partial charge in [-0.2, -0.15) is 0 Å². The number of carbonyl (C=O) groups is 8. The lowest BCUT2D eigenvalue weighted by atomic mass is 9.84. The van der Waals surface area contributed by atoms with Gasteiger partial charge < -0.3 is 54.3 Å². The van der Waals surface area contributed by atoms with Crippen LogP contribution in [0.3, 0.4) is 0 Å². The monoisotopic (exact) mass is 828 g/mol. The number of hydrogen-bond donors (Lipinski definition) is 9. The highest BCUT2D eigenvalue weighted by Crippen LogP contribution is 2.22. The molecule has 0 spiro atoms. The van der Waals surface area contributed by atoms with E-state index in [-0.39, 0.29) is 77.0 Å². The zero-order valence-corrected chi connectivity index (χ0v) is 34.5. The van der Waals surface area contributed by atoms with Gasteiger partial charge in [0, 0.05) is 51.1 Å². The first-order chi connectivity index (χ1) is 28.1. The Morgan fingerprint density at radius 2 is 1.59 bits per heavy atom. The summed E-state index contributed by atoms with van der Waals surface area (Å²) in [4.78, 5) is 111. The normalized spacial score (nSPS) is 21.9. The lowest BCUT2D eigenvalue weighted by Gasteiger charge is -2.27. The van der Waals surface area contributed by atoms with Gasteiger partial charge >= 0.3 is 0 Å². The lowest BCUT2D eigenvalue weighted by Crippen LogP contribution is -2.58. The van der Waals surface area contributed by atoms with Crippen molar-refractivity contribution < 1.29 is 43.1 Å². The Bertz CT molecular complexity index is 1620. The van der Waals surface area contributed by atoms with E-state index in [1.807, 2.05) is 6.92 Å². The van der Waals surface area contributed by atoms with Gasteiger partial charge in [0.05, 0.1) is 13.2 Å². The molecule has 1 aliphatic rings. The number of carbonyl (C=O) groups excluding carboxylic acids is 8. The average Bonchev–Trinajstić information content (AvgIpc) is 3.19. The van der Waals surface area contributed by atoms with Crippen molar-refractivity contribution in [1.29, 1.82) is 0 Å². The van der Waals surface area contributed by atoms with Gasteiger partial charge in [-0.1, -0.05) is 31.9 Å². The van der Waals surface area contributed by atoms with E-state index in [1.165, 1.54) is 14.0 Å². The highest BCUT2D eigenvalue weighted by atomic mass is 16.5. The molecule has 6 atom stereocenters. The van der Waals surface area contributed by atoms with Crippen molar-refractivity contribution in [3.05, 3.63) is 29.8 Å². The maximum Gasteiger partial charge on any atom is 0.243 e. The lowest BCUT2D eigenvalue weighted by molar-refractivity contribution is -0.135. The fourth-order valence-corrected chi connectivity index (χ4v) is 6.65. The maximum atomic E-state index is 14.3. The van der Waals surface area contributed by atoms with Crippen LogP contribution in [0.4, 0.5) is 0 Å². The largest absolute Gasteiger partial charge is 0.497 e. The van der Waals surface area contributed by atoms with Crippen LogP contribution in [-0.4, -0.2) is 104 Å². The number of Topliss-reactive ketones (excluding diaryl/α,β-unsaturated/α-hetero) is 2. The first-order valence-electron chi connectivity index (χ1n) is 20.3. The highest BCUT2D eigenvalue weighted by molar-refractivity contribution is 5.97. The molecule has 13 N–H and O–H groups in total. The molecule has 59 heavy (non-hydrogen) atoms. The zero-order valence-electron chi connectivity index (χ0n) is 34.5. The molecule has 1 aliphatic heterocycles. The number of ether oxygens (including phenoxy) is 1. The number of aliphatic imine (C=N–C) groups is 1. The van der Waals surface area contributed by atoms with Crippen LogP contribution in [-0.2, 0) is 44.8 Å². The number of primary amides is 1. The summed E-state index contributed by atoms with van der Waals surface area (Å²) in [5.74, 6) is -6.24. The van der Waals surface area contributed by atoms with Gasteiger partial charge in [0.25, 0.3) is 0 Å². The van der Waals surface area contributed by atoms with E-state index in [9.17, 15) is 38.4 Å². The summed E-state index contributed by atoms with van der Waals surface area (Å²) in [5, 5.41) is 13.4. The Hall–Kier alpha value is -5.59. The Balaban J connectivity index is 2.61. The molecule has 0 saturated carbocycles. The van der Waals surface area contributed by atoms with E-state index >= 15 is 0 Å². The summed E-state index contributed by atoms with van der Waals surface area (Å²) >= 11 is 0. The maximum absolute atomic E-state index is 14.3. The molecular formula is C40H64N10O9. The fourth-order valence-electron chi connectivity index (χ4n) is 6.65. The number of amides is 6. The number of hydrogen-bond acceptors (Lipinski definition) is 11. The number of nitrogens with one attached hydrogen (secondary N) is 5. The van der Waals surface area contributed by atoms with Crippen LogP contribution in [0.1, 0.15) is 96.5 Å². The molecular weight excluding hydrogens is 765 g/mol. The predicted molar refractivity (Wildman–Crippen MR) is 220 cm³/mol. The van der Waals surface area contributed by atoms with Gasteiger partial charge in [-0.3, -0.25) is 43.3 Å². The molecule has 328 valence electrons. The van der Waals surface area contributed by atoms with Gasteiger partial charge in [-0.25, -0.2) is 0 Å². The van der Waals surface area contributed by atoms with Gasteiger partial charge in [-0.15, -0.1) is 0 Å². The van der Waals surface area contributed by atoms with E-state index in [1.54, 1.807) is 24.3 Å². The van der Waals surface area contributed by atoms with Gasteiger partial charge in [0.1, 0.15) is 29.7 Å². The first-order valence-corrected chi connectivity index (χ1v) is 20.3. The van der Waals surface area contributed by atoms with Crippen molar-refractivity contribution in [1.82, 2.24) is 26.6 Å². The van der Waals surface area contributed by atoms with Gasteiger partial charge in [0.2, 0.25) is 35.4 Å². The zero-order chi connectivity index (χ0) is 43.9. The molecule has 0 bridgehead atoms. The standard InChI is InChI=1S/C40H64N10O9/c1-4-5-9-29(47-24(2)51)37(56)49-31-15-16-35(54)45-20-17-27(36(42)55)23-33(52)26(8-7-19-46-40(43)44)22-34(53)32(21-25-11-13-28(59-3)14-12-25)50-38(57)30(10-6-18-41)48-39(31)58/h11-14,26-27,29-32H,4-10,15-23,41H2,1-3H3,(H2,42,55)(H,45,54)(H,47,51)(H,48,58)(H,49,56)(H,50,57)(H4,43,44,46)/t26-,27-,29+,30+,31+,32-/m1/s1. The summed E-state index contributed by atoms with van der Waals surface area (Å²) in [6, 6.07) is 2.16. The number of ketones is 2. The molecule has 19 nitrogen and oxygen atoms in total. The highest BCUT2D eigenvalue weighted by Gasteiger charge is 2.34. The third-order valence-electron chi connectivity index (χ3n) is 10.0. The van der Waals surface area contributed by atoms with Gasteiger partial charge in [0.15, 0.2) is 11.7 Å². The van der Waals surface area contributed by atoms with Crippen LogP contribution in [0.5, 0.6) is 5.75 Å². The molecule has 0 unspecified atom stereocenters. The Morgan fingerprint density at radius 1 is 0.898 bits per heavy atom. The van der Waals surface area contributed by atoms with Crippen LogP contribution in [0.2, 0.25) is 0 Å². The molecule has 1 saturated heterocycles. The molecule has 0 aromatic heterocycles. The molecule has 6 amide bonds. The average molecular weight is 829 g/mol. The van der Waals surface area contributed by atoms with Crippen molar-refractivity contribution in [3.63, 3.8) is 0 Å². The third kappa shape index (κ3) is 18.7. The molecule has 2 rings (SSSR count). The minimum absolute atomic E-state index is 0.0108. The second-order valence-electron chi connectivity index (χ2n) is 14.8. The van der Waals surface area contributed by atoms with Crippen molar-refractivity contribution in [2.75, 3.05) is 26.7 Å². The van der Waals surface area contributed by atoms with Crippen LogP contribution in [0.15, 0.2) is 29.3 Å². The minimum Gasteiger partial charge on any atom is -0.497 e. The number of methoxy groups -OCH3 is 1. The van der Waals surface area contributed by atoms with E-state index in [2.05, 4.69) is 31.6 Å². The smallest absolute Gasteiger partial charge is 0.243 e. The Kier molecular flexibility index (Phi) is 22.2. The fraction of sp³-hybridized carbons (Fsp3) is 0.625. The quantitative estimate of drug-likeness (QED) is 0.0525. The van der Waals surface area contributed by atoms with Crippen LogP contribution < -0.4 is 54.3 Å². The Morgan fingerprint density at radius 3 is 2.20 bits per heavy atom.